The van der Waals surface area contributed by atoms with Crippen LogP contribution >= 0.6 is 12.6 Å². The standard InChI is InChI=1S/C14H19N3O3S/c1-17-7-4-14(21,5-8-17)11(13(19)20)16-12(18)10-3-2-6-15-9-10/h2-3,6,9,11,21H,4-5,7-8H2,1H3,(H,16,18)(H,19,20). The molecule has 0 aromatic carbocycles. The molecule has 0 saturated carbocycles. The van der Waals surface area contributed by atoms with Gasteiger partial charge in [0.2, 0.25) is 0 Å². The fourth-order valence-electron chi connectivity index (χ4n) is 2.43. The number of carbonyl (C=O) groups excluding carboxylic acids is 1. The largest absolute Gasteiger partial charge is 0.480 e. The van der Waals surface area contributed by atoms with E-state index in [1.54, 1.807) is 18.3 Å². The van der Waals surface area contributed by atoms with E-state index in [2.05, 4.69) is 27.8 Å². The van der Waals surface area contributed by atoms with Gasteiger partial charge in [-0.1, -0.05) is 0 Å². The number of carbonyl (C=O) groups is 2. The Morgan fingerprint density at radius 3 is 2.67 bits per heavy atom. The number of likely N-dealkylation sites (tertiary alicyclic amines) is 1. The highest BCUT2D eigenvalue weighted by atomic mass is 32.1. The van der Waals surface area contributed by atoms with Crippen LogP contribution < -0.4 is 5.32 Å². The maximum absolute atomic E-state index is 12.1. The Bertz CT molecular complexity index is 515. The molecule has 2 heterocycles. The highest BCUT2D eigenvalue weighted by molar-refractivity contribution is 7.82. The Kier molecular flexibility index (Phi) is 4.84. The molecule has 6 nitrogen and oxygen atoms in total. The molecule has 1 aliphatic rings. The number of pyridine rings is 1. The SMILES string of the molecule is CN1CCC(S)(C(NC(=O)c2cccnc2)C(=O)O)CC1. The second-order valence-electron chi connectivity index (χ2n) is 5.39. The highest BCUT2D eigenvalue weighted by Crippen LogP contribution is 2.32. The summed E-state index contributed by atoms with van der Waals surface area (Å²) in [4.78, 5) is 29.7. The lowest BCUT2D eigenvalue weighted by atomic mass is 9.88. The molecule has 0 bridgehead atoms. The van der Waals surface area contributed by atoms with Gasteiger partial charge in [-0.05, 0) is 45.1 Å². The zero-order chi connectivity index (χ0) is 15.5. The number of nitrogens with zero attached hydrogens (tertiary/aromatic N) is 2. The third kappa shape index (κ3) is 3.74. The molecule has 2 N–H and O–H groups in total. The minimum absolute atomic E-state index is 0.341. The number of carboxylic acid groups (broad SMARTS) is 1. The van der Waals surface area contributed by atoms with Gasteiger partial charge in [-0.3, -0.25) is 9.78 Å². The first-order chi connectivity index (χ1) is 9.92. The molecule has 1 aromatic heterocycles. The van der Waals surface area contributed by atoms with Crippen molar-refractivity contribution in [2.45, 2.75) is 23.6 Å². The Labute approximate surface area is 129 Å². The molecule has 0 aliphatic carbocycles. The van der Waals surface area contributed by atoms with Crippen LogP contribution in [0.15, 0.2) is 24.5 Å². The molecular formula is C14H19N3O3S. The van der Waals surface area contributed by atoms with Crippen molar-refractivity contribution >= 4 is 24.5 Å². The molecule has 1 unspecified atom stereocenters. The second-order valence-corrected chi connectivity index (χ2v) is 6.28. The predicted molar refractivity (Wildman–Crippen MR) is 81.6 cm³/mol. The van der Waals surface area contributed by atoms with Crippen LogP contribution in [0.4, 0.5) is 0 Å². The number of rotatable bonds is 4. The van der Waals surface area contributed by atoms with Gasteiger partial charge in [0.1, 0.15) is 6.04 Å². The second kappa shape index (κ2) is 6.44. The predicted octanol–water partition coefficient (Wildman–Crippen LogP) is 0.659. The average molecular weight is 309 g/mol. The average Bonchev–Trinajstić information content (AvgIpc) is 2.48. The van der Waals surface area contributed by atoms with Gasteiger partial charge in [0, 0.05) is 17.1 Å². The quantitative estimate of drug-likeness (QED) is 0.712. The summed E-state index contributed by atoms with van der Waals surface area (Å²) in [7, 11) is 1.98. The van der Waals surface area contributed by atoms with E-state index in [1.807, 2.05) is 7.05 Å². The number of aromatic nitrogens is 1. The van der Waals surface area contributed by atoms with E-state index >= 15 is 0 Å². The van der Waals surface area contributed by atoms with Crippen molar-refractivity contribution in [3.8, 4) is 0 Å². The lowest BCUT2D eigenvalue weighted by Gasteiger charge is -2.40. The molecule has 1 aromatic rings. The number of piperidine rings is 1. The summed E-state index contributed by atoms with van der Waals surface area (Å²) >= 11 is 4.57. The van der Waals surface area contributed by atoms with E-state index in [1.165, 1.54) is 6.20 Å². The lowest BCUT2D eigenvalue weighted by molar-refractivity contribution is -0.140. The zero-order valence-electron chi connectivity index (χ0n) is 11.8. The Hall–Kier alpha value is -1.60. The number of aliphatic carboxylic acids is 1. The van der Waals surface area contributed by atoms with Gasteiger partial charge in [0.15, 0.2) is 0 Å². The first kappa shape index (κ1) is 15.8. The maximum Gasteiger partial charge on any atom is 0.327 e. The van der Waals surface area contributed by atoms with Crippen molar-refractivity contribution in [1.29, 1.82) is 0 Å². The number of amides is 1. The third-order valence-corrected chi connectivity index (χ3v) is 4.54. The van der Waals surface area contributed by atoms with E-state index in [-0.39, 0.29) is 0 Å². The molecule has 1 amide bonds. The molecule has 1 aliphatic heterocycles. The molecule has 0 radical (unpaired) electrons. The number of carboxylic acids is 1. The highest BCUT2D eigenvalue weighted by Gasteiger charge is 2.43. The Morgan fingerprint density at radius 2 is 2.14 bits per heavy atom. The van der Waals surface area contributed by atoms with Gasteiger partial charge in [0.05, 0.1) is 5.56 Å². The normalized spacial score (nSPS) is 19.7. The number of thiol groups is 1. The van der Waals surface area contributed by atoms with Gasteiger partial charge in [-0.15, -0.1) is 0 Å². The van der Waals surface area contributed by atoms with Crippen LogP contribution in [0, 0.1) is 0 Å². The fourth-order valence-corrected chi connectivity index (χ4v) is 2.81. The zero-order valence-corrected chi connectivity index (χ0v) is 12.7. The summed E-state index contributed by atoms with van der Waals surface area (Å²) in [5, 5.41) is 12.0. The van der Waals surface area contributed by atoms with Crippen molar-refractivity contribution in [3.63, 3.8) is 0 Å². The molecule has 114 valence electrons. The Morgan fingerprint density at radius 1 is 1.48 bits per heavy atom. The summed E-state index contributed by atoms with van der Waals surface area (Å²) in [5.74, 6) is -1.50. The summed E-state index contributed by atoms with van der Waals surface area (Å²) in [6.07, 6.45) is 4.18. The lowest BCUT2D eigenvalue weighted by Crippen LogP contribution is -2.57. The third-order valence-electron chi connectivity index (χ3n) is 3.84. The number of nitrogens with one attached hydrogen (secondary N) is 1. The van der Waals surface area contributed by atoms with Gasteiger partial charge < -0.3 is 15.3 Å². The van der Waals surface area contributed by atoms with Crippen LogP contribution in [0.25, 0.3) is 0 Å². The van der Waals surface area contributed by atoms with E-state index in [0.29, 0.717) is 18.4 Å². The monoisotopic (exact) mass is 309 g/mol. The van der Waals surface area contributed by atoms with Crippen LogP contribution in [0.1, 0.15) is 23.2 Å². The molecule has 1 atom stereocenters. The molecule has 1 fully saturated rings. The molecule has 7 heteroatoms. The molecule has 21 heavy (non-hydrogen) atoms. The van der Waals surface area contributed by atoms with Crippen LogP contribution in [0.2, 0.25) is 0 Å². The van der Waals surface area contributed by atoms with Crippen molar-refractivity contribution in [2.24, 2.45) is 0 Å². The summed E-state index contributed by atoms with van der Waals surface area (Å²) in [5.41, 5.74) is 0.341. The van der Waals surface area contributed by atoms with Crippen molar-refractivity contribution in [1.82, 2.24) is 15.2 Å². The van der Waals surface area contributed by atoms with Gasteiger partial charge in [0.25, 0.3) is 5.91 Å². The van der Waals surface area contributed by atoms with Crippen LogP contribution in [0.3, 0.4) is 0 Å². The van der Waals surface area contributed by atoms with Crippen molar-refractivity contribution in [3.05, 3.63) is 30.1 Å². The van der Waals surface area contributed by atoms with E-state index in [4.69, 9.17) is 0 Å². The molecule has 2 rings (SSSR count). The number of hydrogen-bond acceptors (Lipinski definition) is 5. The fraction of sp³-hybridized carbons (Fsp3) is 0.500. The Balaban J connectivity index is 2.13. The summed E-state index contributed by atoms with van der Waals surface area (Å²) < 4.78 is -0.740. The topological polar surface area (TPSA) is 82.5 Å². The van der Waals surface area contributed by atoms with Gasteiger partial charge >= 0.3 is 5.97 Å². The first-order valence-corrected chi connectivity index (χ1v) is 7.22. The van der Waals surface area contributed by atoms with Gasteiger partial charge in [-0.2, -0.15) is 12.6 Å². The van der Waals surface area contributed by atoms with Crippen LogP contribution in [0.5, 0.6) is 0 Å². The molecular weight excluding hydrogens is 290 g/mol. The smallest absolute Gasteiger partial charge is 0.327 e. The van der Waals surface area contributed by atoms with Crippen molar-refractivity contribution < 1.29 is 14.7 Å². The van der Waals surface area contributed by atoms with Crippen LogP contribution in [-0.4, -0.2) is 57.8 Å². The van der Waals surface area contributed by atoms with E-state index < -0.39 is 22.7 Å². The van der Waals surface area contributed by atoms with Crippen molar-refractivity contribution in [2.75, 3.05) is 20.1 Å². The summed E-state index contributed by atoms with van der Waals surface area (Å²) in [6.45, 7) is 1.52. The molecule has 0 spiro atoms. The minimum Gasteiger partial charge on any atom is -0.480 e. The summed E-state index contributed by atoms with van der Waals surface area (Å²) in [6, 6.07) is 2.21. The maximum atomic E-state index is 12.1. The van der Waals surface area contributed by atoms with Gasteiger partial charge in [-0.25, -0.2) is 4.79 Å². The molecule has 1 saturated heterocycles. The first-order valence-electron chi connectivity index (χ1n) is 6.77. The van der Waals surface area contributed by atoms with E-state index in [0.717, 1.165) is 13.1 Å². The van der Waals surface area contributed by atoms with Crippen LogP contribution in [-0.2, 0) is 4.79 Å². The van der Waals surface area contributed by atoms with E-state index in [9.17, 15) is 14.7 Å². The minimum atomic E-state index is -1.06. The number of hydrogen-bond donors (Lipinski definition) is 3.